The van der Waals surface area contributed by atoms with Gasteiger partial charge in [-0.3, -0.25) is 4.79 Å². The molecule has 0 aromatic heterocycles. The average molecular weight is 373 g/mol. The highest BCUT2D eigenvalue weighted by molar-refractivity contribution is 7.89. The predicted molar refractivity (Wildman–Crippen MR) is 102 cm³/mol. The normalized spacial score (nSPS) is 12.0. The zero-order chi connectivity index (χ0) is 19.0. The van der Waals surface area contributed by atoms with Gasteiger partial charge >= 0.3 is 0 Å². The lowest BCUT2D eigenvalue weighted by Gasteiger charge is -2.20. The number of aliphatic hydroxyl groups excluding tert-OH is 1. The Morgan fingerprint density at radius 1 is 1.04 bits per heavy atom. The van der Waals surface area contributed by atoms with Crippen LogP contribution in [0.3, 0.4) is 0 Å². The van der Waals surface area contributed by atoms with E-state index in [1.165, 1.54) is 10.4 Å². The summed E-state index contributed by atoms with van der Waals surface area (Å²) in [6.45, 7) is 1.89. The highest BCUT2D eigenvalue weighted by atomic mass is 32.2. The summed E-state index contributed by atoms with van der Waals surface area (Å²) in [5.41, 5.74) is 1.53. The van der Waals surface area contributed by atoms with E-state index in [2.05, 4.69) is 0 Å². The molecule has 0 aliphatic rings. The lowest BCUT2D eigenvalue weighted by atomic mass is 10.1. The highest BCUT2D eigenvalue weighted by Crippen LogP contribution is 2.17. The van der Waals surface area contributed by atoms with E-state index in [1.807, 2.05) is 13.0 Å². The number of carbonyl (C=O) groups is 1. The van der Waals surface area contributed by atoms with Crippen molar-refractivity contribution in [3.05, 3.63) is 77.9 Å². The minimum absolute atomic E-state index is 0.0692. The van der Waals surface area contributed by atoms with E-state index in [4.69, 9.17) is 5.11 Å². The van der Waals surface area contributed by atoms with Gasteiger partial charge in [0.05, 0.1) is 11.5 Å². The van der Waals surface area contributed by atoms with Crippen LogP contribution in [-0.2, 0) is 10.0 Å². The van der Waals surface area contributed by atoms with Crippen LogP contribution in [0.15, 0.2) is 71.6 Å². The SMILES string of the molecule is Cc1ccc(S(=O)(=O)N(C/C=C/CO)CCC(=O)c2ccccc2)cc1. The van der Waals surface area contributed by atoms with Crippen molar-refractivity contribution < 1.29 is 18.3 Å². The van der Waals surface area contributed by atoms with Gasteiger partial charge in [0.2, 0.25) is 10.0 Å². The number of ketones is 1. The van der Waals surface area contributed by atoms with Gasteiger partial charge in [-0.25, -0.2) is 8.42 Å². The molecule has 0 saturated carbocycles. The largest absolute Gasteiger partial charge is 0.392 e. The van der Waals surface area contributed by atoms with Crippen molar-refractivity contribution in [1.29, 1.82) is 0 Å². The number of aliphatic hydroxyl groups is 1. The van der Waals surface area contributed by atoms with E-state index in [9.17, 15) is 13.2 Å². The summed E-state index contributed by atoms with van der Waals surface area (Å²) < 4.78 is 27.1. The lowest BCUT2D eigenvalue weighted by Crippen LogP contribution is -2.33. The lowest BCUT2D eigenvalue weighted by molar-refractivity contribution is 0.0977. The quantitative estimate of drug-likeness (QED) is 0.542. The van der Waals surface area contributed by atoms with Crippen molar-refractivity contribution in [2.45, 2.75) is 18.2 Å². The van der Waals surface area contributed by atoms with Crippen LogP contribution in [0.1, 0.15) is 22.3 Å². The molecule has 0 spiro atoms. The van der Waals surface area contributed by atoms with Crippen LogP contribution >= 0.6 is 0 Å². The molecular weight excluding hydrogens is 350 g/mol. The van der Waals surface area contributed by atoms with Crippen LogP contribution in [0, 0.1) is 6.92 Å². The zero-order valence-electron chi connectivity index (χ0n) is 14.7. The van der Waals surface area contributed by atoms with E-state index in [1.54, 1.807) is 54.6 Å². The Hall–Kier alpha value is -2.28. The van der Waals surface area contributed by atoms with Crippen molar-refractivity contribution in [3.8, 4) is 0 Å². The molecule has 6 heteroatoms. The maximum absolute atomic E-state index is 12.9. The summed E-state index contributed by atoms with van der Waals surface area (Å²) in [6, 6.07) is 15.4. The number of nitrogens with zero attached hydrogens (tertiary/aromatic N) is 1. The van der Waals surface area contributed by atoms with Crippen LogP contribution in [0.25, 0.3) is 0 Å². The fourth-order valence-electron chi connectivity index (χ4n) is 2.43. The number of carbonyl (C=O) groups excluding carboxylic acids is 1. The van der Waals surface area contributed by atoms with Crippen LogP contribution in [0.4, 0.5) is 0 Å². The first-order chi connectivity index (χ1) is 12.4. The molecule has 2 rings (SSSR count). The van der Waals surface area contributed by atoms with Gasteiger partial charge in [0, 0.05) is 25.1 Å². The van der Waals surface area contributed by atoms with Crippen molar-refractivity contribution >= 4 is 15.8 Å². The molecule has 2 aromatic rings. The predicted octanol–water partition coefficient (Wildman–Crippen LogP) is 2.81. The van der Waals surface area contributed by atoms with Gasteiger partial charge in [0.1, 0.15) is 0 Å². The van der Waals surface area contributed by atoms with Gasteiger partial charge in [-0.05, 0) is 19.1 Å². The highest BCUT2D eigenvalue weighted by Gasteiger charge is 2.24. The van der Waals surface area contributed by atoms with Crippen LogP contribution in [-0.4, -0.2) is 43.3 Å². The van der Waals surface area contributed by atoms with E-state index in [-0.39, 0.29) is 36.8 Å². The second kappa shape index (κ2) is 9.43. The van der Waals surface area contributed by atoms with Gasteiger partial charge in [-0.2, -0.15) is 4.31 Å². The second-order valence-electron chi connectivity index (χ2n) is 5.87. The second-order valence-corrected chi connectivity index (χ2v) is 7.81. The molecule has 0 radical (unpaired) electrons. The first-order valence-electron chi connectivity index (χ1n) is 8.36. The molecule has 2 aromatic carbocycles. The number of hydrogen-bond donors (Lipinski definition) is 1. The Labute approximate surface area is 154 Å². The third-order valence-corrected chi connectivity index (χ3v) is 5.80. The molecule has 0 heterocycles. The monoisotopic (exact) mass is 373 g/mol. The molecule has 0 bridgehead atoms. The molecule has 0 unspecified atom stereocenters. The summed E-state index contributed by atoms with van der Waals surface area (Å²) in [4.78, 5) is 12.5. The maximum atomic E-state index is 12.9. The molecule has 0 aliphatic carbocycles. The Bertz CT molecular complexity index is 843. The molecule has 138 valence electrons. The van der Waals surface area contributed by atoms with E-state index >= 15 is 0 Å². The summed E-state index contributed by atoms with van der Waals surface area (Å²) in [7, 11) is -3.73. The molecule has 26 heavy (non-hydrogen) atoms. The smallest absolute Gasteiger partial charge is 0.243 e. The maximum Gasteiger partial charge on any atom is 0.243 e. The summed E-state index contributed by atoms with van der Waals surface area (Å²) in [5.74, 6) is -0.110. The summed E-state index contributed by atoms with van der Waals surface area (Å²) in [5, 5.41) is 8.89. The standard InChI is InChI=1S/C20H23NO4S/c1-17-9-11-19(12-10-17)26(24,25)21(14-5-6-16-22)15-13-20(23)18-7-3-2-4-8-18/h2-12,22H,13-16H2,1H3/b6-5+. The minimum atomic E-state index is -3.73. The Balaban J connectivity index is 2.18. The Morgan fingerprint density at radius 2 is 1.69 bits per heavy atom. The number of sulfonamides is 1. The van der Waals surface area contributed by atoms with E-state index in [0.717, 1.165) is 5.56 Å². The topological polar surface area (TPSA) is 74.7 Å². The molecule has 5 nitrogen and oxygen atoms in total. The molecule has 0 atom stereocenters. The van der Waals surface area contributed by atoms with Crippen LogP contribution in [0.5, 0.6) is 0 Å². The van der Waals surface area contributed by atoms with Gasteiger partial charge in [0.15, 0.2) is 5.78 Å². The third kappa shape index (κ3) is 5.36. The van der Waals surface area contributed by atoms with Crippen molar-refractivity contribution in [2.75, 3.05) is 19.7 Å². The number of Topliss-reactive ketones (excluding diaryl/α,β-unsaturated/α-hetero) is 1. The van der Waals surface area contributed by atoms with Gasteiger partial charge < -0.3 is 5.11 Å². The van der Waals surface area contributed by atoms with E-state index in [0.29, 0.717) is 5.56 Å². The molecule has 0 saturated heterocycles. The molecule has 0 amide bonds. The third-order valence-electron chi connectivity index (χ3n) is 3.92. The van der Waals surface area contributed by atoms with Gasteiger partial charge in [0.25, 0.3) is 0 Å². The van der Waals surface area contributed by atoms with Crippen LogP contribution < -0.4 is 0 Å². The van der Waals surface area contributed by atoms with E-state index < -0.39 is 10.0 Å². The summed E-state index contributed by atoms with van der Waals surface area (Å²) in [6.07, 6.45) is 3.15. The van der Waals surface area contributed by atoms with Gasteiger partial charge in [-0.15, -0.1) is 0 Å². The zero-order valence-corrected chi connectivity index (χ0v) is 15.5. The Morgan fingerprint density at radius 3 is 2.31 bits per heavy atom. The molecule has 1 N–H and O–H groups in total. The fourth-order valence-corrected chi connectivity index (χ4v) is 3.82. The van der Waals surface area contributed by atoms with Gasteiger partial charge in [-0.1, -0.05) is 60.2 Å². The molecule has 0 aliphatic heterocycles. The molecule has 0 fully saturated rings. The number of benzene rings is 2. The van der Waals surface area contributed by atoms with Crippen molar-refractivity contribution in [1.82, 2.24) is 4.31 Å². The summed E-state index contributed by atoms with van der Waals surface area (Å²) >= 11 is 0. The Kier molecular flexibility index (Phi) is 7.26. The average Bonchev–Trinajstić information content (AvgIpc) is 2.65. The van der Waals surface area contributed by atoms with Crippen LogP contribution in [0.2, 0.25) is 0 Å². The number of aryl methyl sites for hydroxylation is 1. The number of hydrogen-bond acceptors (Lipinski definition) is 4. The van der Waals surface area contributed by atoms with Crippen molar-refractivity contribution in [2.24, 2.45) is 0 Å². The first-order valence-corrected chi connectivity index (χ1v) is 9.80. The molecular formula is C20H23NO4S. The fraction of sp³-hybridized carbons (Fsp3) is 0.250. The first kappa shape index (κ1) is 20.0. The minimum Gasteiger partial charge on any atom is -0.392 e. The van der Waals surface area contributed by atoms with Crippen molar-refractivity contribution in [3.63, 3.8) is 0 Å². The number of rotatable bonds is 9.